The van der Waals surface area contributed by atoms with Crippen molar-refractivity contribution in [1.29, 1.82) is 0 Å². The van der Waals surface area contributed by atoms with Crippen molar-refractivity contribution in [2.24, 2.45) is 0 Å². The maximum Gasteiger partial charge on any atom is 0.0900 e. The highest BCUT2D eigenvalue weighted by Crippen LogP contribution is 2.03. The zero-order valence-electron chi connectivity index (χ0n) is 12.8. The van der Waals surface area contributed by atoms with Crippen LogP contribution in [-0.4, -0.2) is 55.6 Å². The number of hydrogen-bond acceptors (Lipinski definition) is 4. The van der Waals surface area contributed by atoms with Crippen LogP contribution in [0.3, 0.4) is 0 Å². The first-order chi connectivity index (χ1) is 9.63. The van der Waals surface area contributed by atoms with Gasteiger partial charge in [0.1, 0.15) is 0 Å². The molecular formula is C16H27NO3. The molecule has 0 saturated heterocycles. The molecule has 4 heteroatoms. The Hall–Kier alpha value is -0.940. The van der Waals surface area contributed by atoms with Crippen LogP contribution in [0.25, 0.3) is 0 Å². The molecule has 4 nitrogen and oxygen atoms in total. The standard InChI is InChI=1S/C16H27NO3/c1-14(2)17(9-10-19-3)11-16(18)13-20-12-15-7-5-4-6-8-15/h4-8,14,16,18H,9-13H2,1-3H3. The lowest BCUT2D eigenvalue weighted by molar-refractivity contribution is 0.000505. The van der Waals surface area contributed by atoms with Gasteiger partial charge in [0.2, 0.25) is 0 Å². The minimum Gasteiger partial charge on any atom is -0.389 e. The maximum atomic E-state index is 10.0. The van der Waals surface area contributed by atoms with E-state index >= 15 is 0 Å². The van der Waals surface area contributed by atoms with Crippen molar-refractivity contribution in [3.63, 3.8) is 0 Å². The lowest BCUT2D eigenvalue weighted by Crippen LogP contribution is -2.41. The second-order valence-corrected chi connectivity index (χ2v) is 5.24. The van der Waals surface area contributed by atoms with Crippen LogP contribution >= 0.6 is 0 Å². The van der Waals surface area contributed by atoms with E-state index in [9.17, 15) is 5.11 Å². The van der Waals surface area contributed by atoms with Gasteiger partial charge in [0, 0.05) is 26.2 Å². The van der Waals surface area contributed by atoms with Crippen LogP contribution in [-0.2, 0) is 16.1 Å². The zero-order chi connectivity index (χ0) is 14.8. The van der Waals surface area contributed by atoms with Crippen LogP contribution < -0.4 is 0 Å². The predicted molar refractivity (Wildman–Crippen MR) is 80.7 cm³/mol. The monoisotopic (exact) mass is 281 g/mol. The van der Waals surface area contributed by atoms with Crippen LogP contribution in [0.5, 0.6) is 0 Å². The summed E-state index contributed by atoms with van der Waals surface area (Å²) in [7, 11) is 1.69. The summed E-state index contributed by atoms with van der Waals surface area (Å²) in [6.45, 7) is 7.23. The highest BCUT2D eigenvalue weighted by atomic mass is 16.5. The molecule has 1 rings (SSSR count). The molecule has 1 N–H and O–H groups in total. The number of aliphatic hydroxyl groups is 1. The van der Waals surface area contributed by atoms with Gasteiger partial charge in [-0.2, -0.15) is 0 Å². The van der Waals surface area contributed by atoms with Gasteiger partial charge in [-0.05, 0) is 19.4 Å². The number of ether oxygens (including phenoxy) is 2. The zero-order valence-corrected chi connectivity index (χ0v) is 12.8. The Morgan fingerprint density at radius 3 is 2.50 bits per heavy atom. The van der Waals surface area contributed by atoms with Crippen molar-refractivity contribution < 1.29 is 14.6 Å². The molecule has 1 aromatic carbocycles. The van der Waals surface area contributed by atoms with E-state index < -0.39 is 6.10 Å². The SMILES string of the molecule is COCCN(CC(O)COCc1ccccc1)C(C)C. The van der Waals surface area contributed by atoms with E-state index in [1.807, 2.05) is 30.3 Å². The molecule has 0 saturated carbocycles. The number of benzene rings is 1. The molecule has 0 radical (unpaired) electrons. The quantitative estimate of drug-likeness (QED) is 0.711. The van der Waals surface area contributed by atoms with Crippen molar-refractivity contribution in [3.05, 3.63) is 35.9 Å². The second-order valence-electron chi connectivity index (χ2n) is 5.24. The van der Waals surface area contributed by atoms with E-state index in [4.69, 9.17) is 9.47 Å². The number of rotatable bonds is 10. The first kappa shape index (κ1) is 17.1. The van der Waals surface area contributed by atoms with Crippen molar-refractivity contribution in [2.45, 2.75) is 32.6 Å². The van der Waals surface area contributed by atoms with E-state index in [0.29, 0.717) is 32.4 Å². The highest BCUT2D eigenvalue weighted by molar-refractivity contribution is 5.13. The van der Waals surface area contributed by atoms with E-state index in [0.717, 1.165) is 12.1 Å². The minimum absolute atomic E-state index is 0.352. The van der Waals surface area contributed by atoms with Gasteiger partial charge in [0.25, 0.3) is 0 Å². The molecule has 0 aliphatic rings. The molecule has 0 bridgehead atoms. The summed E-state index contributed by atoms with van der Waals surface area (Å²) in [6.07, 6.45) is -0.474. The van der Waals surface area contributed by atoms with Crippen LogP contribution in [0.15, 0.2) is 30.3 Å². The molecule has 0 amide bonds. The average molecular weight is 281 g/mol. The van der Waals surface area contributed by atoms with Crippen LogP contribution in [0.2, 0.25) is 0 Å². The normalized spacial score (nSPS) is 13.1. The third-order valence-corrected chi connectivity index (χ3v) is 3.18. The topological polar surface area (TPSA) is 41.9 Å². The van der Waals surface area contributed by atoms with Gasteiger partial charge in [-0.3, -0.25) is 4.90 Å². The van der Waals surface area contributed by atoms with E-state index in [1.54, 1.807) is 7.11 Å². The smallest absolute Gasteiger partial charge is 0.0900 e. The van der Waals surface area contributed by atoms with E-state index in [-0.39, 0.29) is 0 Å². The molecule has 1 unspecified atom stereocenters. The van der Waals surface area contributed by atoms with Gasteiger partial charge in [0.05, 0.1) is 25.9 Å². The summed E-state index contributed by atoms with van der Waals surface area (Å²) >= 11 is 0. The Morgan fingerprint density at radius 1 is 1.20 bits per heavy atom. The fraction of sp³-hybridized carbons (Fsp3) is 0.625. The lowest BCUT2D eigenvalue weighted by Gasteiger charge is -2.28. The number of aliphatic hydroxyl groups excluding tert-OH is 1. The van der Waals surface area contributed by atoms with Gasteiger partial charge in [-0.25, -0.2) is 0 Å². The Kier molecular flexibility index (Phi) is 8.46. The van der Waals surface area contributed by atoms with Crippen molar-refractivity contribution in [1.82, 2.24) is 4.90 Å². The Bertz CT molecular complexity index is 343. The van der Waals surface area contributed by atoms with Gasteiger partial charge in [-0.15, -0.1) is 0 Å². The fourth-order valence-electron chi connectivity index (χ4n) is 1.98. The average Bonchev–Trinajstić information content (AvgIpc) is 2.44. The Morgan fingerprint density at radius 2 is 1.90 bits per heavy atom. The molecule has 20 heavy (non-hydrogen) atoms. The van der Waals surface area contributed by atoms with Gasteiger partial charge >= 0.3 is 0 Å². The number of methoxy groups -OCH3 is 1. The molecule has 1 atom stereocenters. The van der Waals surface area contributed by atoms with Crippen molar-refractivity contribution in [2.75, 3.05) is 33.4 Å². The summed E-state index contributed by atoms with van der Waals surface area (Å²) in [5.41, 5.74) is 1.12. The molecular weight excluding hydrogens is 254 g/mol. The highest BCUT2D eigenvalue weighted by Gasteiger charge is 2.14. The van der Waals surface area contributed by atoms with Crippen molar-refractivity contribution >= 4 is 0 Å². The summed E-state index contributed by atoms with van der Waals surface area (Å²) in [4.78, 5) is 2.19. The third-order valence-electron chi connectivity index (χ3n) is 3.18. The van der Waals surface area contributed by atoms with Crippen molar-refractivity contribution in [3.8, 4) is 0 Å². The third kappa shape index (κ3) is 7.01. The second kappa shape index (κ2) is 9.88. The molecule has 0 aliphatic heterocycles. The predicted octanol–water partition coefficient (Wildman–Crippen LogP) is 1.92. The van der Waals surface area contributed by atoms with E-state index in [1.165, 1.54) is 0 Å². The molecule has 0 aliphatic carbocycles. The Labute approximate surface area is 122 Å². The molecule has 0 spiro atoms. The van der Waals surface area contributed by atoms with Gasteiger partial charge in [0.15, 0.2) is 0 Å². The summed E-state index contributed by atoms with van der Waals surface area (Å²) < 4.78 is 10.6. The van der Waals surface area contributed by atoms with Crippen LogP contribution in [0.4, 0.5) is 0 Å². The Balaban J connectivity index is 2.25. The molecule has 0 fully saturated rings. The molecule has 1 aromatic rings. The first-order valence-corrected chi connectivity index (χ1v) is 7.16. The molecule has 0 heterocycles. The minimum atomic E-state index is -0.474. The first-order valence-electron chi connectivity index (χ1n) is 7.16. The van der Waals surface area contributed by atoms with E-state index in [2.05, 4.69) is 18.7 Å². The molecule has 0 aromatic heterocycles. The summed E-state index contributed by atoms with van der Waals surface area (Å²) in [6, 6.07) is 10.4. The number of hydrogen-bond donors (Lipinski definition) is 1. The van der Waals surface area contributed by atoms with Gasteiger partial charge < -0.3 is 14.6 Å². The molecule has 114 valence electrons. The van der Waals surface area contributed by atoms with Crippen LogP contribution in [0, 0.1) is 0 Å². The number of nitrogens with zero attached hydrogens (tertiary/aromatic N) is 1. The maximum absolute atomic E-state index is 10.0. The summed E-state index contributed by atoms with van der Waals surface area (Å²) in [5, 5.41) is 10.0. The summed E-state index contributed by atoms with van der Waals surface area (Å²) in [5.74, 6) is 0. The van der Waals surface area contributed by atoms with Gasteiger partial charge in [-0.1, -0.05) is 30.3 Å². The van der Waals surface area contributed by atoms with Crippen LogP contribution in [0.1, 0.15) is 19.4 Å². The fourth-order valence-corrected chi connectivity index (χ4v) is 1.98. The lowest BCUT2D eigenvalue weighted by atomic mass is 10.2. The largest absolute Gasteiger partial charge is 0.389 e.